The number of hydrogen-bond donors (Lipinski definition) is 1. The minimum absolute atomic E-state index is 0. The summed E-state index contributed by atoms with van der Waals surface area (Å²) in [6, 6.07) is 15.2. The molecule has 0 aliphatic heterocycles. The van der Waals surface area contributed by atoms with Crippen molar-refractivity contribution in [3.63, 3.8) is 0 Å². The summed E-state index contributed by atoms with van der Waals surface area (Å²) >= 11 is 0. The van der Waals surface area contributed by atoms with Crippen molar-refractivity contribution < 1.29 is 30.5 Å². The number of nitrogens with one attached hydrogen (secondary N) is 1. The number of hydrogen-bond acceptors (Lipinski definition) is 1. The zero-order valence-corrected chi connectivity index (χ0v) is 23.2. The zero-order valence-electron chi connectivity index (χ0n) is 19.0. The molecular formula is C25H29Cl2F2NSiTi. The summed E-state index contributed by atoms with van der Waals surface area (Å²) in [6.45, 7) is 11.3. The van der Waals surface area contributed by atoms with E-state index in [0.29, 0.717) is 11.1 Å². The molecule has 2 aromatic rings. The van der Waals surface area contributed by atoms with Crippen LogP contribution >= 0.6 is 24.8 Å². The van der Waals surface area contributed by atoms with E-state index in [2.05, 4.69) is 44.9 Å². The maximum atomic E-state index is 14.1. The van der Waals surface area contributed by atoms with Crippen LogP contribution in [0.3, 0.4) is 0 Å². The number of benzene rings is 2. The Kier molecular flexibility index (Phi) is 9.53. The summed E-state index contributed by atoms with van der Waals surface area (Å²) in [5, 5.41) is 1.41. The molecule has 0 aromatic heterocycles. The Morgan fingerprint density at radius 1 is 0.844 bits per heavy atom. The Morgan fingerprint density at radius 3 is 1.81 bits per heavy atom. The number of fused-ring (bicyclic) bond motifs is 4. The van der Waals surface area contributed by atoms with Gasteiger partial charge in [-0.1, -0.05) is 72.9 Å². The molecule has 1 nitrogen and oxygen atoms in total. The van der Waals surface area contributed by atoms with Crippen LogP contribution in [0.2, 0.25) is 13.1 Å². The SMILES string of the molecule is CC(C)(C)N[Si](C)(C)C1=CC2=C(C1)c1ccccc1C(=C(F)F)c1ccccc12.Cl.Cl.[Ti]. The normalized spacial score (nSPS) is 14.6. The first-order chi connectivity index (χ1) is 13.6. The maximum Gasteiger partial charge on any atom is 0.278 e. The topological polar surface area (TPSA) is 12.0 Å². The summed E-state index contributed by atoms with van der Waals surface area (Å²) < 4.78 is 28.3. The van der Waals surface area contributed by atoms with Gasteiger partial charge < -0.3 is 4.98 Å². The van der Waals surface area contributed by atoms with Crippen LogP contribution in [0.4, 0.5) is 8.78 Å². The Bertz CT molecular complexity index is 1100. The Morgan fingerprint density at radius 2 is 1.31 bits per heavy atom. The summed E-state index contributed by atoms with van der Waals surface area (Å²) in [5.74, 6) is 0. The molecule has 2 aromatic carbocycles. The summed E-state index contributed by atoms with van der Waals surface area (Å²) in [4.78, 5) is 3.85. The molecule has 4 rings (SSSR count). The molecule has 0 saturated carbocycles. The van der Waals surface area contributed by atoms with Gasteiger partial charge in [0.05, 0.1) is 5.57 Å². The Labute approximate surface area is 218 Å². The second-order valence-corrected chi connectivity index (χ2v) is 13.6. The standard InChI is InChI=1S/C25H27F2NSi.2ClH.Ti/c1-25(2,3)28-29(4,5)16-14-21-17-10-6-8-12-19(17)23(24(26)27)20-13-9-7-11-18(20)22(21)15-16;;;/h6-14,28H,15H2,1-5H3;2*1H;. The molecule has 2 aliphatic rings. The van der Waals surface area contributed by atoms with Gasteiger partial charge in [-0.3, -0.25) is 0 Å². The fourth-order valence-corrected chi connectivity index (χ4v) is 7.91. The zero-order chi connectivity index (χ0) is 21.0. The van der Waals surface area contributed by atoms with E-state index < -0.39 is 14.3 Å². The van der Waals surface area contributed by atoms with Gasteiger partial charge in [0.1, 0.15) is 8.24 Å². The van der Waals surface area contributed by atoms with Crippen LogP contribution in [0.5, 0.6) is 0 Å². The molecule has 0 saturated heterocycles. The van der Waals surface area contributed by atoms with Gasteiger partial charge in [0.2, 0.25) is 0 Å². The molecule has 1 N–H and O–H groups in total. The number of halogens is 4. The molecular weight excluding hydrogens is 499 g/mol. The Hall–Kier alpha value is -1.01. The molecule has 0 fully saturated rings. The van der Waals surface area contributed by atoms with Gasteiger partial charge in [0.15, 0.2) is 0 Å². The van der Waals surface area contributed by atoms with E-state index >= 15 is 0 Å². The smallest absolute Gasteiger partial charge is 0.278 e. The van der Waals surface area contributed by atoms with Gasteiger partial charge in [-0.2, -0.15) is 8.78 Å². The van der Waals surface area contributed by atoms with Crippen LogP contribution in [0, 0.1) is 0 Å². The second-order valence-electron chi connectivity index (χ2n) is 9.47. The van der Waals surface area contributed by atoms with Crippen molar-refractivity contribution in [1.29, 1.82) is 0 Å². The molecule has 32 heavy (non-hydrogen) atoms. The monoisotopic (exact) mass is 527 g/mol. The third kappa shape index (κ3) is 5.38. The van der Waals surface area contributed by atoms with Gasteiger partial charge in [-0.15, -0.1) is 24.8 Å². The van der Waals surface area contributed by atoms with Gasteiger partial charge >= 0.3 is 0 Å². The minimum Gasteiger partial charge on any atom is -0.329 e. The van der Waals surface area contributed by atoms with E-state index in [-0.39, 0.29) is 57.6 Å². The van der Waals surface area contributed by atoms with E-state index in [1.165, 1.54) is 5.20 Å². The fourth-order valence-electron chi connectivity index (χ4n) is 4.75. The van der Waals surface area contributed by atoms with Crippen molar-refractivity contribution in [3.05, 3.63) is 88.1 Å². The quantitative estimate of drug-likeness (QED) is 0.392. The average molecular weight is 528 g/mol. The molecule has 2 aliphatic carbocycles. The van der Waals surface area contributed by atoms with Crippen molar-refractivity contribution in [3.8, 4) is 0 Å². The van der Waals surface area contributed by atoms with Crippen molar-refractivity contribution >= 4 is 49.8 Å². The average Bonchev–Trinajstić information content (AvgIpc) is 3.02. The third-order valence-electron chi connectivity index (χ3n) is 5.70. The van der Waals surface area contributed by atoms with Crippen LogP contribution in [0.25, 0.3) is 16.7 Å². The largest absolute Gasteiger partial charge is 0.329 e. The van der Waals surface area contributed by atoms with Crippen LogP contribution in [-0.4, -0.2) is 13.8 Å². The third-order valence-corrected chi connectivity index (χ3v) is 9.00. The molecule has 0 atom stereocenters. The van der Waals surface area contributed by atoms with E-state index in [1.807, 2.05) is 48.5 Å². The molecule has 0 amide bonds. The van der Waals surface area contributed by atoms with E-state index in [9.17, 15) is 8.78 Å². The minimum atomic E-state index is -1.88. The first kappa shape index (κ1) is 29.0. The predicted octanol–water partition coefficient (Wildman–Crippen LogP) is 7.87. The van der Waals surface area contributed by atoms with Crippen LogP contribution < -0.4 is 4.98 Å². The first-order valence-corrected chi connectivity index (χ1v) is 13.1. The number of allylic oxidation sites excluding steroid dienone is 4. The molecule has 0 heterocycles. The first-order valence-electron chi connectivity index (χ1n) is 10.1. The van der Waals surface area contributed by atoms with E-state index in [4.69, 9.17) is 0 Å². The molecule has 0 unspecified atom stereocenters. The number of rotatable bonds is 2. The van der Waals surface area contributed by atoms with Gasteiger partial charge in [0.25, 0.3) is 6.08 Å². The molecule has 0 bridgehead atoms. The summed E-state index contributed by atoms with van der Waals surface area (Å²) in [7, 11) is -1.88. The second kappa shape index (κ2) is 10.5. The summed E-state index contributed by atoms with van der Waals surface area (Å²) in [6.07, 6.45) is 1.46. The van der Waals surface area contributed by atoms with Crippen molar-refractivity contribution in [2.24, 2.45) is 0 Å². The van der Waals surface area contributed by atoms with Gasteiger partial charge in [0, 0.05) is 27.3 Å². The Balaban J connectivity index is 0.00000171. The summed E-state index contributed by atoms with van der Waals surface area (Å²) in [5.41, 5.74) is 5.41. The molecule has 0 spiro atoms. The van der Waals surface area contributed by atoms with Crippen LogP contribution in [0.1, 0.15) is 49.4 Å². The van der Waals surface area contributed by atoms with Crippen molar-refractivity contribution in [2.75, 3.05) is 0 Å². The van der Waals surface area contributed by atoms with Gasteiger partial charge in [-0.05, 0) is 60.6 Å². The predicted molar refractivity (Wildman–Crippen MR) is 136 cm³/mol. The maximum absolute atomic E-state index is 14.1. The van der Waals surface area contributed by atoms with Crippen molar-refractivity contribution in [2.45, 2.75) is 45.8 Å². The molecule has 7 heteroatoms. The van der Waals surface area contributed by atoms with Crippen molar-refractivity contribution in [1.82, 2.24) is 4.98 Å². The van der Waals surface area contributed by atoms with Gasteiger partial charge in [-0.25, -0.2) is 0 Å². The molecule has 170 valence electrons. The van der Waals surface area contributed by atoms with Crippen LogP contribution in [-0.2, 0) is 21.7 Å². The van der Waals surface area contributed by atoms with Crippen LogP contribution in [0.15, 0.2) is 65.9 Å². The molecule has 0 radical (unpaired) electrons. The van der Waals surface area contributed by atoms with E-state index in [1.54, 1.807) is 0 Å². The van der Waals surface area contributed by atoms with E-state index in [0.717, 1.165) is 28.7 Å². The fraction of sp³-hybridized carbons (Fsp3) is 0.280.